The van der Waals surface area contributed by atoms with E-state index in [-0.39, 0.29) is 18.3 Å². The van der Waals surface area contributed by atoms with Gasteiger partial charge in [-0.05, 0) is 42.8 Å². The number of carbonyl (C=O) groups excluding carboxylic acids is 1. The Morgan fingerprint density at radius 1 is 1.25 bits per heavy atom. The molecule has 7 nitrogen and oxygen atoms in total. The van der Waals surface area contributed by atoms with Crippen LogP contribution in [0.2, 0.25) is 5.02 Å². The monoisotopic (exact) mass is 419 g/mol. The van der Waals surface area contributed by atoms with Gasteiger partial charge in [-0.25, -0.2) is 0 Å². The molecule has 0 atom stereocenters. The average molecular weight is 420 g/mol. The maximum atomic E-state index is 12.1. The zero-order valence-electron chi connectivity index (χ0n) is 15.3. The van der Waals surface area contributed by atoms with Crippen molar-refractivity contribution < 1.29 is 18.7 Å². The zero-order valence-corrected chi connectivity index (χ0v) is 16.8. The van der Waals surface area contributed by atoms with E-state index in [1.54, 1.807) is 43.5 Å². The summed E-state index contributed by atoms with van der Waals surface area (Å²) in [5.41, 5.74) is 1.57. The number of aromatic nitrogens is 2. The highest BCUT2D eigenvalue weighted by atomic mass is 35.5. The van der Waals surface area contributed by atoms with Crippen LogP contribution in [-0.4, -0.2) is 29.0 Å². The zero-order chi connectivity index (χ0) is 19.9. The Labute approximate surface area is 171 Å². The lowest BCUT2D eigenvalue weighted by Crippen LogP contribution is -2.13. The van der Waals surface area contributed by atoms with Crippen LogP contribution in [0.4, 0.5) is 5.69 Å². The largest absolute Gasteiger partial charge is 0.497 e. The molecule has 3 rings (SSSR count). The lowest BCUT2D eigenvalue weighted by molar-refractivity contribution is -0.113. The second-order valence-electron chi connectivity index (χ2n) is 5.73. The number of hydrogen-bond acceptors (Lipinski definition) is 7. The molecule has 0 spiro atoms. The Kier molecular flexibility index (Phi) is 6.78. The molecule has 0 aliphatic heterocycles. The molecule has 0 bridgehead atoms. The number of nitrogens with one attached hydrogen (secondary N) is 1. The summed E-state index contributed by atoms with van der Waals surface area (Å²) in [6, 6.07) is 12.5. The number of aryl methyl sites for hydroxylation is 1. The highest BCUT2D eigenvalue weighted by Crippen LogP contribution is 2.23. The van der Waals surface area contributed by atoms with Crippen LogP contribution < -0.4 is 14.8 Å². The molecule has 0 aliphatic rings. The van der Waals surface area contributed by atoms with Gasteiger partial charge in [-0.15, -0.1) is 10.2 Å². The van der Waals surface area contributed by atoms with E-state index in [0.29, 0.717) is 33.3 Å². The number of carbonyl (C=O) groups is 1. The van der Waals surface area contributed by atoms with Crippen LogP contribution in [0.25, 0.3) is 0 Å². The van der Waals surface area contributed by atoms with E-state index in [2.05, 4.69) is 15.5 Å². The van der Waals surface area contributed by atoms with Gasteiger partial charge in [0.1, 0.15) is 11.5 Å². The number of benzene rings is 2. The Morgan fingerprint density at radius 3 is 2.89 bits per heavy atom. The van der Waals surface area contributed by atoms with Gasteiger partial charge in [0.25, 0.3) is 11.1 Å². The first-order valence-electron chi connectivity index (χ1n) is 8.31. The fraction of sp³-hybridized carbons (Fsp3) is 0.211. The first-order valence-corrected chi connectivity index (χ1v) is 9.68. The second kappa shape index (κ2) is 9.48. The lowest BCUT2D eigenvalue weighted by atomic mass is 10.2. The first-order chi connectivity index (χ1) is 13.5. The number of methoxy groups -OCH3 is 1. The van der Waals surface area contributed by atoms with Crippen molar-refractivity contribution in [2.75, 3.05) is 18.2 Å². The molecule has 1 aromatic heterocycles. The maximum Gasteiger partial charge on any atom is 0.277 e. The number of thioether (sulfide) groups is 1. The molecule has 1 N–H and O–H groups in total. The third-order valence-corrected chi connectivity index (χ3v) is 4.67. The van der Waals surface area contributed by atoms with Gasteiger partial charge >= 0.3 is 0 Å². The minimum absolute atomic E-state index is 0.131. The van der Waals surface area contributed by atoms with Crippen LogP contribution in [0.15, 0.2) is 52.1 Å². The predicted octanol–water partition coefficient (Wildman–Crippen LogP) is 4.35. The molecular formula is C19H18ClN3O4S. The average Bonchev–Trinajstić information content (AvgIpc) is 3.14. The fourth-order valence-corrected chi connectivity index (χ4v) is 3.10. The first kappa shape index (κ1) is 20.0. The van der Waals surface area contributed by atoms with Crippen LogP contribution in [0.1, 0.15) is 11.5 Å². The van der Waals surface area contributed by atoms with Gasteiger partial charge in [0.05, 0.1) is 12.9 Å². The van der Waals surface area contributed by atoms with E-state index in [4.69, 9.17) is 25.5 Å². The topological polar surface area (TPSA) is 86.5 Å². The molecular weight excluding hydrogens is 402 g/mol. The van der Waals surface area contributed by atoms with Gasteiger partial charge in [-0.3, -0.25) is 4.79 Å². The molecule has 1 heterocycles. The molecule has 9 heteroatoms. The third kappa shape index (κ3) is 5.64. The van der Waals surface area contributed by atoms with Crippen LogP contribution in [0, 0.1) is 6.92 Å². The van der Waals surface area contributed by atoms with Crippen LogP contribution in [0.5, 0.6) is 11.5 Å². The van der Waals surface area contributed by atoms with E-state index < -0.39 is 0 Å². The van der Waals surface area contributed by atoms with Crippen molar-refractivity contribution in [3.8, 4) is 11.5 Å². The maximum absolute atomic E-state index is 12.1. The minimum Gasteiger partial charge on any atom is -0.497 e. The van der Waals surface area contributed by atoms with Crippen molar-refractivity contribution in [1.82, 2.24) is 10.2 Å². The number of anilines is 1. The standard InChI is InChI=1S/C19H18ClN3O4S/c1-12-8-13(20)6-7-16(12)26-10-18-22-23-19(27-18)28-11-17(24)21-14-4-3-5-15(9-14)25-2/h3-9H,10-11H2,1-2H3,(H,21,24). The van der Waals surface area contributed by atoms with E-state index in [1.165, 1.54) is 0 Å². The second-order valence-corrected chi connectivity index (χ2v) is 7.09. The van der Waals surface area contributed by atoms with Crippen LogP contribution in [-0.2, 0) is 11.4 Å². The summed E-state index contributed by atoms with van der Waals surface area (Å²) in [6.45, 7) is 2.03. The summed E-state index contributed by atoms with van der Waals surface area (Å²) >= 11 is 7.07. The summed E-state index contributed by atoms with van der Waals surface area (Å²) in [5, 5.41) is 11.6. The van der Waals surface area contributed by atoms with Crippen molar-refractivity contribution in [1.29, 1.82) is 0 Å². The number of halogens is 1. The molecule has 0 unspecified atom stereocenters. The van der Waals surface area contributed by atoms with Gasteiger partial charge in [0.2, 0.25) is 5.91 Å². The molecule has 2 aromatic carbocycles. The molecule has 28 heavy (non-hydrogen) atoms. The van der Waals surface area contributed by atoms with Gasteiger partial charge in [-0.2, -0.15) is 0 Å². The van der Waals surface area contributed by atoms with E-state index in [0.717, 1.165) is 17.3 Å². The molecule has 0 saturated carbocycles. The number of hydrogen-bond donors (Lipinski definition) is 1. The summed E-state index contributed by atoms with van der Waals surface area (Å²) in [7, 11) is 1.57. The van der Waals surface area contributed by atoms with E-state index in [1.807, 2.05) is 13.0 Å². The summed E-state index contributed by atoms with van der Waals surface area (Å²) in [4.78, 5) is 12.1. The fourth-order valence-electron chi connectivity index (χ4n) is 2.29. The molecule has 0 radical (unpaired) electrons. The number of amides is 1. The van der Waals surface area contributed by atoms with Crippen molar-refractivity contribution in [2.24, 2.45) is 0 Å². The van der Waals surface area contributed by atoms with Crippen LogP contribution in [0.3, 0.4) is 0 Å². The number of nitrogens with zero attached hydrogens (tertiary/aromatic N) is 2. The summed E-state index contributed by atoms with van der Waals surface area (Å²) < 4.78 is 16.3. The third-order valence-electron chi connectivity index (χ3n) is 3.62. The number of rotatable bonds is 8. The molecule has 0 fully saturated rings. The normalized spacial score (nSPS) is 10.5. The van der Waals surface area contributed by atoms with Gasteiger partial charge in [-0.1, -0.05) is 29.4 Å². The van der Waals surface area contributed by atoms with Crippen molar-refractivity contribution in [3.05, 3.63) is 58.9 Å². The minimum atomic E-state index is -0.189. The van der Waals surface area contributed by atoms with Crippen LogP contribution >= 0.6 is 23.4 Å². The summed E-state index contributed by atoms with van der Waals surface area (Å²) in [6.07, 6.45) is 0. The Hall–Kier alpha value is -2.71. The molecule has 146 valence electrons. The Balaban J connectivity index is 1.48. The molecule has 0 saturated heterocycles. The van der Waals surface area contributed by atoms with E-state index in [9.17, 15) is 4.79 Å². The van der Waals surface area contributed by atoms with Crippen molar-refractivity contribution >= 4 is 35.0 Å². The quantitative estimate of drug-likeness (QED) is 0.543. The summed E-state index contributed by atoms with van der Waals surface area (Å²) in [5.74, 6) is 1.63. The van der Waals surface area contributed by atoms with Gasteiger partial charge in [0.15, 0.2) is 6.61 Å². The molecule has 3 aromatic rings. The molecule has 0 aliphatic carbocycles. The highest BCUT2D eigenvalue weighted by molar-refractivity contribution is 7.99. The number of ether oxygens (including phenoxy) is 2. The van der Waals surface area contributed by atoms with Crippen molar-refractivity contribution in [3.63, 3.8) is 0 Å². The highest BCUT2D eigenvalue weighted by Gasteiger charge is 2.11. The molecule has 1 amide bonds. The lowest BCUT2D eigenvalue weighted by Gasteiger charge is -2.07. The predicted molar refractivity (Wildman–Crippen MR) is 107 cm³/mol. The Morgan fingerprint density at radius 2 is 2.11 bits per heavy atom. The SMILES string of the molecule is COc1cccc(NC(=O)CSc2nnc(COc3ccc(Cl)cc3C)o2)c1. The van der Waals surface area contributed by atoms with Gasteiger partial charge < -0.3 is 19.2 Å². The smallest absolute Gasteiger partial charge is 0.277 e. The Bertz CT molecular complexity index is 964. The van der Waals surface area contributed by atoms with E-state index >= 15 is 0 Å². The van der Waals surface area contributed by atoms with Gasteiger partial charge in [0, 0.05) is 16.8 Å². The van der Waals surface area contributed by atoms with Crippen molar-refractivity contribution in [2.45, 2.75) is 18.8 Å².